The highest BCUT2D eigenvalue weighted by atomic mass is 79.9. The minimum atomic E-state index is -0.591. The molecule has 0 spiro atoms. The van der Waals surface area contributed by atoms with E-state index in [2.05, 4.69) is 20.8 Å². The number of aliphatic hydroxyl groups is 1. The lowest BCUT2D eigenvalue weighted by Crippen LogP contribution is -2.49. The van der Waals surface area contributed by atoms with Crippen molar-refractivity contribution in [1.29, 1.82) is 5.26 Å². The monoisotopic (exact) mass is 433 g/mol. The maximum absolute atomic E-state index is 14.1. The first-order valence-electron chi connectivity index (χ1n) is 8.78. The summed E-state index contributed by atoms with van der Waals surface area (Å²) in [5, 5.41) is 19.1. The smallest absolute Gasteiger partial charge is 0.147 e. The van der Waals surface area contributed by atoms with Crippen LogP contribution in [0.25, 0.3) is 0 Å². The number of nitrogens with zero attached hydrogens (tertiary/aromatic N) is 3. The minimum Gasteiger partial charge on any atom is -0.491 e. The molecule has 1 fully saturated rings. The first-order valence-corrected chi connectivity index (χ1v) is 9.58. The Balaban J connectivity index is 1.45. The zero-order chi connectivity index (χ0) is 19.2. The van der Waals surface area contributed by atoms with Gasteiger partial charge >= 0.3 is 0 Å². The van der Waals surface area contributed by atoms with Gasteiger partial charge in [-0.05, 0) is 42.5 Å². The Kier molecular flexibility index (Phi) is 6.67. The van der Waals surface area contributed by atoms with E-state index in [9.17, 15) is 9.50 Å². The fourth-order valence-electron chi connectivity index (χ4n) is 3.08. The molecule has 1 saturated heterocycles. The van der Waals surface area contributed by atoms with Crippen LogP contribution in [0.15, 0.2) is 46.9 Å². The molecule has 3 rings (SSSR count). The Labute approximate surface area is 166 Å². The van der Waals surface area contributed by atoms with Gasteiger partial charge in [0.2, 0.25) is 0 Å². The summed E-state index contributed by atoms with van der Waals surface area (Å²) in [5.41, 5.74) is 0.844. The van der Waals surface area contributed by atoms with Crippen molar-refractivity contribution in [2.24, 2.45) is 0 Å². The van der Waals surface area contributed by atoms with Crippen LogP contribution in [0.5, 0.6) is 5.75 Å². The lowest BCUT2D eigenvalue weighted by molar-refractivity contribution is 0.0662. The Morgan fingerprint density at radius 3 is 2.48 bits per heavy atom. The van der Waals surface area contributed by atoms with Crippen LogP contribution in [-0.2, 0) is 0 Å². The van der Waals surface area contributed by atoms with Gasteiger partial charge in [0, 0.05) is 37.2 Å². The summed E-state index contributed by atoms with van der Waals surface area (Å²) < 4.78 is 20.7. The van der Waals surface area contributed by atoms with Crippen molar-refractivity contribution in [3.8, 4) is 11.8 Å². The van der Waals surface area contributed by atoms with E-state index in [1.165, 1.54) is 6.07 Å². The zero-order valence-corrected chi connectivity index (χ0v) is 16.4. The Bertz CT molecular complexity index is 802. The number of β-amino-alcohol motifs (C(OH)–C–C–N with tert-alkyl or cyclic N) is 1. The molecule has 1 aliphatic heterocycles. The Morgan fingerprint density at radius 2 is 1.85 bits per heavy atom. The van der Waals surface area contributed by atoms with Crippen molar-refractivity contribution in [3.05, 3.63) is 58.3 Å². The summed E-state index contributed by atoms with van der Waals surface area (Å²) >= 11 is 3.37. The molecule has 1 unspecified atom stereocenters. The van der Waals surface area contributed by atoms with Crippen molar-refractivity contribution in [3.63, 3.8) is 0 Å². The lowest BCUT2D eigenvalue weighted by atomic mass is 10.1. The maximum atomic E-state index is 14.1. The topological polar surface area (TPSA) is 59.7 Å². The van der Waals surface area contributed by atoms with Crippen LogP contribution in [0.4, 0.5) is 10.1 Å². The number of rotatable bonds is 6. The third kappa shape index (κ3) is 5.42. The highest BCUT2D eigenvalue weighted by molar-refractivity contribution is 9.10. The van der Waals surface area contributed by atoms with Crippen molar-refractivity contribution in [1.82, 2.24) is 4.90 Å². The number of nitriles is 1. The minimum absolute atomic E-state index is 0.228. The predicted octanol–water partition coefficient (Wildman–Crippen LogP) is 3.02. The van der Waals surface area contributed by atoms with Crippen molar-refractivity contribution in [2.45, 2.75) is 6.10 Å². The second-order valence-corrected chi connectivity index (χ2v) is 7.40. The van der Waals surface area contributed by atoms with Crippen molar-refractivity contribution in [2.75, 3.05) is 44.2 Å². The van der Waals surface area contributed by atoms with Gasteiger partial charge in [-0.1, -0.05) is 15.9 Å². The number of benzene rings is 2. The van der Waals surface area contributed by atoms with Gasteiger partial charge in [0.25, 0.3) is 0 Å². The molecular formula is C20H21BrFN3O2. The Hall–Kier alpha value is -2.14. The number of hydrogen-bond donors (Lipinski definition) is 1. The molecule has 0 radical (unpaired) electrons. The van der Waals surface area contributed by atoms with Gasteiger partial charge in [-0.2, -0.15) is 5.26 Å². The molecule has 0 bridgehead atoms. The molecule has 0 amide bonds. The largest absolute Gasteiger partial charge is 0.491 e. The average molecular weight is 434 g/mol. The highest BCUT2D eigenvalue weighted by Gasteiger charge is 2.21. The first kappa shape index (κ1) is 19.6. The Morgan fingerprint density at radius 1 is 1.15 bits per heavy atom. The molecule has 1 atom stereocenters. The standard InChI is InChI=1S/C20H21BrFN3O2/c21-16-2-4-18(5-3-16)27-14-17(26)13-24-7-9-25(10-8-24)20-6-1-15(12-23)11-19(20)22/h1-6,11,17,26H,7-10,13-14H2. The van der Waals surface area contributed by atoms with Gasteiger partial charge < -0.3 is 14.7 Å². The van der Waals surface area contributed by atoms with E-state index >= 15 is 0 Å². The van der Waals surface area contributed by atoms with Crippen LogP contribution in [0, 0.1) is 17.1 Å². The van der Waals surface area contributed by atoms with Crippen LogP contribution in [0.2, 0.25) is 0 Å². The van der Waals surface area contributed by atoms with Gasteiger partial charge in [0.1, 0.15) is 24.3 Å². The van der Waals surface area contributed by atoms with E-state index in [-0.39, 0.29) is 12.4 Å². The van der Waals surface area contributed by atoms with E-state index in [1.807, 2.05) is 35.2 Å². The number of ether oxygens (including phenoxy) is 1. The molecule has 1 heterocycles. The van der Waals surface area contributed by atoms with Gasteiger partial charge in [-0.15, -0.1) is 0 Å². The summed E-state index contributed by atoms with van der Waals surface area (Å²) in [5.74, 6) is 0.351. The number of hydrogen-bond acceptors (Lipinski definition) is 5. The predicted molar refractivity (Wildman–Crippen MR) is 105 cm³/mol. The second kappa shape index (κ2) is 9.18. The summed E-state index contributed by atoms with van der Waals surface area (Å²) in [6.45, 7) is 3.54. The summed E-state index contributed by atoms with van der Waals surface area (Å²) in [4.78, 5) is 4.12. The van der Waals surface area contributed by atoms with Crippen LogP contribution in [0.3, 0.4) is 0 Å². The summed E-state index contributed by atoms with van der Waals surface area (Å²) in [6.07, 6.45) is -0.591. The average Bonchev–Trinajstić information content (AvgIpc) is 2.68. The van der Waals surface area contributed by atoms with Gasteiger partial charge in [-0.3, -0.25) is 4.90 Å². The van der Waals surface area contributed by atoms with Crippen LogP contribution in [0.1, 0.15) is 5.56 Å². The third-order valence-electron chi connectivity index (χ3n) is 4.51. The molecule has 1 aliphatic rings. The molecule has 2 aromatic rings. The van der Waals surface area contributed by atoms with Gasteiger partial charge in [0.15, 0.2) is 0 Å². The molecule has 5 nitrogen and oxygen atoms in total. The quantitative estimate of drug-likeness (QED) is 0.758. The fourth-order valence-corrected chi connectivity index (χ4v) is 3.34. The van der Waals surface area contributed by atoms with E-state index in [0.717, 1.165) is 23.3 Å². The van der Waals surface area contributed by atoms with Gasteiger partial charge in [-0.25, -0.2) is 4.39 Å². The summed E-state index contributed by atoms with van der Waals surface area (Å²) in [7, 11) is 0. The normalized spacial score (nSPS) is 16.0. The molecule has 7 heteroatoms. The number of aliphatic hydroxyl groups excluding tert-OH is 1. The maximum Gasteiger partial charge on any atom is 0.147 e. The molecule has 0 aliphatic carbocycles. The number of piperazine rings is 1. The fraction of sp³-hybridized carbons (Fsp3) is 0.350. The highest BCUT2D eigenvalue weighted by Crippen LogP contribution is 2.22. The molecule has 2 aromatic carbocycles. The molecule has 1 N–H and O–H groups in total. The molecule has 0 saturated carbocycles. The second-order valence-electron chi connectivity index (χ2n) is 6.48. The van der Waals surface area contributed by atoms with E-state index in [0.29, 0.717) is 30.9 Å². The molecule has 0 aromatic heterocycles. The summed E-state index contributed by atoms with van der Waals surface area (Å²) in [6, 6.07) is 14.0. The lowest BCUT2D eigenvalue weighted by Gasteiger charge is -2.37. The third-order valence-corrected chi connectivity index (χ3v) is 5.04. The SMILES string of the molecule is N#Cc1ccc(N2CCN(CC(O)COc3ccc(Br)cc3)CC2)c(F)c1. The van der Waals surface area contributed by atoms with Crippen molar-refractivity contribution < 1.29 is 14.2 Å². The van der Waals surface area contributed by atoms with Crippen LogP contribution < -0.4 is 9.64 Å². The van der Waals surface area contributed by atoms with E-state index in [4.69, 9.17) is 10.00 Å². The molecular weight excluding hydrogens is 413 g/mol. The van der Waals surface area contributed by atoms with Gasteiger partial charge in [0.05, 0.1) is 17.3 Å². The van der Waals surface area contributed by atoms with E-state index < -0.39 is 6.10 Å². The van der Waals surface area contributed by atoms with E-state index in [1.54, 1.807) is 12.1 Å². The molecule has 142 valence electrons. The zero-order valence-electron chi connectivity index (χ0n) is 14.8. The van der Waals surface area contributed by atoms with Crippen molar-refractivity contribution >= 4 is 21.6 Å². The van der Waals surface area contributed by atoms with Crippen LogP contribution in [-0.4, -0.2) is 55.4 Å². The van der Waals surface area contributed by atoms with Crippen LogP contribution >= 0.6 is 15.9 Å². The molecule has 27 heavy (non-hydrogen) atoms. The first-order chi connectivity index (χ1) is 13.0. The number of halogens is 2. The number of anilines is 1.